The summed E-state index contributed by atoms with van der Waals surface area (Å²) in [6.45, 7) is 2.59. The number of nitrogens with zero attached hydrogens (tertiary/aromatic N) is 1. The molecule has 0 aliphatic heterocycles. The summed E-state index contributed by atoms with van der Waals surface area (Å²) < 4.78 is 16.3. The highest BCUT2D eigenvalue weighted by atomic mass is 35.5. The van der Waals surface area contributed by atoms with Crippen LogP contribution in [0.1, 0.15) is 26.2 Å². The highest BCUT2D eigenvalue weighted by Crippen LogP contribution is 2.38. The third-order valence-electron chi connectivity index (χ3n) is 3.87. The van der Waals surface area contributed by atoms with E-state index in [0.717, 1.165) is 5.52 Å². The third-order valence-corrected chi connectivity index (χ3v) is 4.43. The van der Waals surface area contributed by atoms with E-state index in [1.54, 1.807) is 19.1 Å². The molecule has 7 heteroatoms. The van der Waals surface area contributed by atoms with Crippen LogP contribution in [0.2, 0.25) is 10.0 Å². The first-order valence-corrected chi connectivity index (χ1v) is 9.47. The number of hydrogen-bond donors (Lipinski definition) is 0. The van der Waals surface area contributed by atoms with Crippen molar-refractivity contribution in [3.05, 3.63) is 46.4 Å². The van der Waals surface area contributed by atoms with Gasteiger partial charge >= 0.3 is 5.97 Å². The van der Waals surface area contributed by atoms with Crippen molar-refractivity contribution in [1.29, 1.82) is 0 Å². The quantitative estimate of drug-likeness (QED) is 0.342. The highest BCUT2D eigenvalue weighted by Gasteiger charge is 2.15. The van der Waals surface area contributed by atoms with Crippen molar-refractivity contribution in [3.8, 4) is 17.2 Å². The van der Waals surface area contributed by atoms with E-state index in [-0.39, 0.29) is 5.97 Å². The van der Waals surface area contributed by atoms with E-state index >= 15 is 0 Å². The van der Waals surface area contributed by atoms with Gasteiger partial charge in [0.25, 0.3) is 0 Å². The summed E-state index contributed by atoms with van der Waals surface area (Å²) >= 11 is 12.7. The first-order valence-electron chi connectivity index (χ1n) is 8.72. The summed E-state index contributed by atoms with van der Waals surface area (Å²) in [5.74, 6) is 0.659. The van der Waals surface area contributed by atoms with Crippen LogP contribution in [0, 0.1) is 0 Å². The lowest BCUT2D eigenvalue weighted by molar-refractivity contribution is -0.143. The van der Waals surface area contributed by atoms with Gasteiger partial charge in [0.2, 0.25) is 5.89 Å². The molecule has 0 aliphatic carbocycles. The summed E-state index contributed by atoms with van der Waals surface area (Å²) in [5, 5.41) is 0.760. The predicted octanol–water partition coefficient (Wildman–Crippen LogP) is 5.91. The molecule has 0 N–H and O–H groups in total. The van der Waals surface area contributed by atoms with E-state index in [1.807, 2.05) is 24.3 Å². The van der Waals surface area contributed by atoms with Crippen LogP contribution in [0.5, 0.6) is 5.75 Å². The molecule has 0 aliphatic rings. The van der Waals surface area contributed by atoms with Crippen LogP contribution in [0.25, 0.3) is 22.6 Å². The molecule has 3 rings (SSSR count). The minimum absolute atomic E-state index is 0.198. The Morgan fingerprint density at radius 3 is 2.59 bits per heavy atom. The van der Waals surface area contributed by atoms with E-state index < -0.39 is 0 Å². The molecule has 0 saturated carbocycles. The molecule has 1 heterocycles. The van der Waals surface area contributed by atoms with Crippen molar-refractivity contribution in [2.75, 3.05) is 13.2 Å². The Bertz CT molecular complexity index is 883. The molecule has 1 aromatic heterocycles. The van der Waals surface area contributed by atoms with Gasteiger partial charge in [-0.2, -0.15) is 0 Å². The zero-order valence-corrected chi connectivity index (χ0v) is 16.3. The minimum atomic E-state index is -0.198. The number of fused-ring (bicyclic) bond motifs is 1. The first kappa shape index (κ1) is 19.5. The molecule has 142 valence electrons. The lowest BCUT2D eigenvalue weighted by Gasteiger charge is -2.11. The van der Waals surface area contributed by atoms with Gasteiger partial charge in [-0.15, -0.1) is 0 Å². The molecule has 0 saturated heterocycles. The second kappa shape index (κ2) is 9.11. The zero-order chi connectivity index (χ0) is 19.2. The SMILES string of the molecule is CCOC(=O)CCCCOc1c(Cl)cc(-c2nc3ccccc3o2)cc1Cl. The summed E-state index contributed by atoms with van der Waals surface area (Å²) in [6.07, 6.45) is 1.74. The van der Waals surface area contributed by atoms with Crippen molar-refractivity contribution in [1.82, 2.24) is 4.98 Å². The van der Waals surface area contributed by atoms with Crippen LogP contribution in [0.3, 0.4) is 0 Å². The first-order chi connectivity index (χ1) is 13.1. The average molecular weight is 408 g/mol. The Morgan fingerprint density at radius 1 is 1.15 bits per heavy atom. The van der Waals surface area contributed by atoms with Crippen molar-refractivity contribution >= 4 is 40.3 Å². The maximum Gasteiger partial charge on any atom is 0.305 e. The molecular weight excluding hydrogens is 389 g/mol. The Morgan fingerprint density at radius 2 is 1.89 bits per heavy atom. The summed E-state index contributed by atoms with van der Waals surface area (Å²) in [5.41, 5.74) is 2.14. The highest BCUT2D eigenvalue weighted by molar-refractivity contribution is 6.37. The molecule has 27 heavy (non-hydrogen) atoms. The number of esters is 1. The predicted molar refractivity (Wildman–Crippen MR) is 105 cm³/mol. The standard InChI is InChI=1S/C20H19Cl2NO4/c1-2-25-18(24)9-5-6-10-26-19-14(21)11-13(12-15(19)22)20-23-16-7-3-4-8-17(16)27-20/h3-4,7-8,11-12H,2,5-6,9-10H2,1H3. The third kappa shape index (κ3) is 4.93. The molecule has 0 fully saturated rings. The Balaban J connectivity index is 1.64. The van der Waals surface area contributed by atoms with Crippen LogP contribution in [-0.4, -0.2) is 24.2 Å². The van der Waals surface area contributed by atoms with Gasteiger partial charge in [-0.05, 0) is 44.0 Å². The molecule has 0 amide bonds. The lowest BCUT2D eigenvalue weighted by atomic mass is 10.2. The molecule has 5 nitrogen and oxygen atoms in total. The molecule has 0 bridgehead atoms. The number of oxazole rings is 1. The van der Waals surface area contributed by atoms with Gasteiger partial charge in [0.1, 0.15) is 5.52 Å². The number of rotatable bonds is 8. The van der Waals surface area contributed by atoms with Crippen LogP contribution >= 0.6 is 23.2 Å². The van der Waals surface area contributed by atoms with Crippen LogP contribution < -0.4 is 4.74 Å². The minimum Gasteiger partial charge on any atom is -0.490 e. The maximum atomic E-state index is 11.3. The van der Waals surface area contributed by atoms with Gasteiger partial charge in [-0.1, -0.05) is 35.3 Å². The number of hydrogen-bond acceptors (Lipinski definition) is 5. The average Bonchev–Trinajstić information content (AvgIpc) is 3.07. The van der Waals surface area contributed by atoms with Gasteiger partial charge in [-0.3, -0.25) is 4.79 Å². The van der Waals surface area contributed by atoms with E-state index in [1.165, 1.54) is 0 Å². The molecule has 0 unspecified atom stereocenters. The van der Waals surface area contributed by atoms with E-state index in [2.05, 4.69) is 4.98 Å². The largest absolute Gasteiger partial charge is 0.490 e. The van der Waals surface area contributed by atoms with Crippen LogP contribution in [-0.2, 0) is 9.53 Å². The van der Waals surface area contributed by atoms with E-state index in [4.69, 9.17) is 37.1 Å². The fraction of sp³-hybridized carbons (Fsp3) is 0.300. The van der Waals surface area contributed by atoms with Crippen molar-refractivity contribution < 1.29 is 18.7 Å². The molecule has 0 spiro atoms. The zero-order valence-electron chi connectivity index (χ0n) is 14.8. The van der Waals surface area contributed by atoms with E-state index in [0.29, 0.717) is 65.3 Å². The lowest BCUT2D eigenvalue weighted by Crippen LogP contribution is -2.05. The topological polar surface area (TPSA) is 61.6 Å². The number of carbonyl (C=O) groups is 1. The Kier molecular flexibility index (Phi) is 6.58. The molecular formula is C20H19Cl2NO4. The number of halogens is 2. The molecule has 0 radical (unpaired) electrons. The Hall–Kier alpha value is -2.24. The fourth-order valence-electron chi connectivity index (χ4n) is 2.60. The van der Waals surface area contributed by atoms with Gasteiger partial charge < -0.3 is 13.9 Å². The van der Waals surface area contributed by atoms with Gasteiger partial charge in [0.15, 0.2) is 11.3 Å². The smallest absolute Gasteiger partial charge is 0.305 e. The normalized spacial score (nSPS) is 10.9. The second-order valence-electron chi connectivity index (χ2n) is 5.87. The summed E-state index contributed by atoms with van der Waals surface area (Å²) in [6, 6.07) is 10.9. The number of carbonyl (C=O) groups excluding carboxylic acids is 1. The van der Waals surface area contributed by atoms with Crippen LogP contribution in [0.4, 0.5) is 0 Å². The Labute approximate surface area is 167 Å². The number of unbranched alkanes of at least 4 members (excludes halogenated alkanes) is 1. The van der Waals surface area contributed by atoms with Crippen molar-refractivity contribution in [3.63, 3.8) is 0 Å². The van der Waals surface area contributed by atoms with Crippen molar-refractivity contribution in [2.45, 2.75) is 26.2 Å². The number of aromatic nitrogens is 1. The monoisotopic (exact) mass is 407 g/mol. The van der Waals surface area contributed by atoms with Gasteiger partial charge in [0.05, 0.1) is 23.3 Å². The summed E-state index contributed by atoms with van der Waals surface area (Å²) in [7, 11) is 0. The van der Waals surface area contributed by atoms with Gasteiger partial charge in [0, 0.05) is 12.0 Å². The number of benzene rings is 2. The fourth-order valence-corrected chi connectivity index (χ4v) is 3.19. The molecule has 0 atom stereocenters. The summed E-state index contributed by atoms with van der Waals surface area (Å²) in [4.78, 5) is 15.7. The molecule has 3 aromatic rings. The second-order valence-corrected chi connectivity index (χ2v) is 6.68. The maximum absolute atomic E-state index is 11.3. The van der Waals surface area contributed by atoms with Gasteiger partial charge in [-0.25, -0.2) is 4.98 Å². The number of para-hydroxylation sites is 2. The molecule has 2 aromatic carbocycles. The van der Waals surface area contributed by atoms with Crippen molar-refractivity contribution in [2.24, 2.45) is 0 Å². The van der Waals surface area contributed by atoms with E-state index in [9.17, 15) is 4.79 Å². The van der Waals surface area contributed by atoms with Crippen LogP contribution in [0.15, 0.2) is 40.8 Å². The number of ether oxygens (including phenoxy) is 2.